The highest BCUT2D eigenvalue weighted by molar-refractivity contribution is 7.14. The number of nitrogens with one attached hydrogen (secondary N) is 2. The molecule has 0 aliphatic heterocycles. The highest BCUT2D eigenvalue weighted by Crippen LogP contribution is 2.25. The van der Waals surface area contributed by atoms with Crippen LogP contribution in [0.1, 0.15) is 27.4 Å². The Balaban J connectivity index is 1.38. The molecule has 4 rings (SSSR count). The number of rotatable bonds is 8. The largest absolute Gasteiger partial charge is 0.496 e. The second-order valence-corrected chi connectivity index (χ2v) is 7.85. The number of methoxy groups -OCH3 is 1. The molecule has 7 nitrogen and oxygen atoms in total. The Morgan fingerprint density at radius 3 is 2.66 bits per heavy atom. The highest BCUT2D eigenvalue weighted by Gasteiger charge is 2.14. The van der Waals surface area contributed by atoms with E-state index in [9.17, 15) is 9.59 Å². The van der Waals surface area contributed by atoms with Gasteiger partial charge in [0.1, 0.15) is 5.75 Å². The summed E-state index contributed by atoms with van der Waals surface area (Å²) in [6.45, 7) is 0. The van der Waals surface area contributed by atoms with Crippen LogP contribution in [-0.4, -0.2) is 23.9 Å². The Labute approximate surface area is 189 Å². The fraction of sp³-hybridized carbons (Fsp3) is 0.125. The first kappa shape index (κ1) is 21.3. The normalized spacial score (nSPS) is 10.5. The van der Waals surface area contributed by atoms with Crippen molar-refractivity contribution in [3.05, 3.63) is 94.9 Å². The van der Waals surface area contributed by atoms with Crippen LogP contribution in [0.15, 0.2) is 76.7 Å². The van der Waals surface area contributed by atoms with Gasteiger partial charge >= 0.3 is 0 Å². The van der Waals surface area contributed by atoms with Gasteiger partial charge in [0, 0.05) is 23.1 Å². The quantitative estimate of drug-likeness (QED) is 0.406. The van der Waals surface area contributed by atoms with Gasteiger partial charge in [0.15, 0.2) is 10.9 Å². The van der Waals surface area contributed by atoms with E-state index in [2.05, 4.69) is 27.8 Å². The molecule has 0 atom stereocenters. The van der Waals surface area contributed by atoms with E-state index in [1.165, 1.54) is 17.6 Å². The standard InChI is InChI=1S/C24H21N3O4S/c1-30-20-10-9-18(13-17(20)12-16-6-3-2-4-7-16)25-22(28)14-19-15-32-24(26-19)27-23(29)21-8-5-11-31-21/h2-11,13,15H,12,14H2,1H3,(H,25,28)(H,26,27,29). The molecule has 0 unspecified atom stereocenters. The molecule has 0 aliphatic carbocycles. The first-order valence-electron chi connectivity index (χ1n) is 9.90. The number of hydrogen-bond acceptors (Lipinski definition) is 6. The van der Waals surface area contributed by atoms with Gasteiger partial charge in [0.25, 0.3) is 5.91 Å². The van der Waals surface area contributed by atoms with E-state index in [-0.39, 0.29) is 24.0 Å². The molecule has 2 aromatic heterocycles. The predicted molar refractivity (Wildman–Crippen MR) is 123 cm³/mol. The SMILES string of the molecule is COc1ccc(NC(=O)Cc2csc(NC(=O)c3ccco3)n2)cc1Cc1ccccc1. The summed E-state index contributed by atoms with van der Waals surface area (Å²) in [5.41, 5.74) is 3.39. The highest BCUT2D eigenvalue weighted by atomic mass is 32.1. The topological polar surface area (TPSA) is 93.5 Å². The lowest BCUT2D eigenvalue weighted by molar-refractivity contribution is -0.115. The van der Waals surface area contributed by atoms with Gasteiger partial charge in [0.2, 0.25) is 5.91 Å². The number of benzene rings is 2. The molecular weight excluding hydrogens is 426 g/mol. The van der Waals surface area contributed by atoms with E-state index in [1.807, 2.05) is 30.3 Å². The van der Waals surface area contributed by atoms with Crippen molar-refractivity contribution in [2.24, 2.45) is 0 Å². The maximum atomic E-state index is 12.5. The third-order valence-electron chi connectivity index (χ3n) is 4.66. The molecule has 0 aliphatic rings. The maximum Gasteiger partial charge on any atom is 0.293 e. The molecule has 0 fully saturated rings. The Morgan fingerprint density at radius 1 is 1.06 bits per heavy atom. The molecule has 2 aromatic carbocycles. The molecule has 32 heavy (non-hydrogen) atoms. The predicted octanol–water partition coefficient (Wildman–Crippen LogP) is 4.77. The number of hydrogen-bond donors (Lipinski definition) is 2. The van der Waals surface area contributed by atoms with Gasteiger partial charge in [-0.3, -0.25) is 14.9 Å². The van der Waals surface area contributed by atoms with E-state index >= 15 is 0 Å². The van der Waals surface area contributed by atoms with Crippen molar-refractivity contribution in [1.29, 1.82) is 0 Å². The second-order valence-electron chi connectivity index (χ2n) is 6.99. The summed E-state index contributed by atoms with van der Waals surface area (Å²) in [7, 11) is 1.63. The van der Waals surface area contributed by atoms with Crippen molar-refractivity contribution in [2.45, 2.75) is 12.8 Å². The van der Waals surface area contributed by atoms with E-state index in [1.54, 1.807) is 30.7 Å². The minimum Gasteiger partial charge on any atom is -0.496 e. The summed E-state index contributed by atoms with van der Waals surface area (Å²) in [4.78, 5) is 28.9. The van der Waals surface area contributed by atoms with Crippen molar-refractivity contribution in [3.8, 4) is 5.75 Å². The van der Waals surface area contributed by atoms with E-state index in [4.69, 9.17) is 9.15 Å². The number of furan rings is 1. The van der Waals surface area contributed by atoms with Gasteiger partial charge < -0.3 is 14.5 Å². The van der Waals surface area contributed by atoms with Crippen LogP contribution in [0.3, 0.4) is 0 Å². The molecule has 0 radical (unpaired) electrons. The number of nitrogens with zero attached hydrogens (tertiary/aromatic N) is 1. The minimum atomic E-state index is -0.385. The fourth-order valence-electron chi connectivity index (χ4n) is 3.19. The number of aromatic nitrogens is 1. The Kier molecular flexibility index (Phi) is 6.62. The summed E-state index contributed by atoms with van der Waals surface area (Å²) < 4.78 is 10.5. The van der Waals surface area contributed by atoms with Crippen LogP contribution >= 0.6 is 11.3 Å². The lowest BCUT2D eigenvalue weighted by atomic mass is 10.0. The van der Waals surface area contributed by atoms with Crippen molar-refractivity contribution in [3.63, 3.8) is 0 Å². The summed E-state index contributed by atoms with van der Waals surface area (Å²) >= 11 is 1.25. The molecular formula is C24H21N3O4S. The first-order valence-corrected chi connectivity index (χ1v) is 10.8. The number of ether oxygens (including phenoxy) is 1. The number of carbonyl (C=O) groups is 2. The van der Waals surface area contributed by atoms with Crippen LogP contribution in [0.5, 0.6) is 5.75 Å². The van der Waals surface area contributed by atoms with Crippen LogP contribution in [0.2, 0.25) is 0 Å². The zero-order valence-electron chi connectivity index (χ0n) is 17.3. The van der Waals surface area contributed by atoms with Crippen molar-refractivity contribution >= 4 is 34.0 Å². The van der Waals surface area contributed by atoms with Gasteiger partial charge in [-0.15, -0.1) is 11.3 Å². The molecule has 0 saturated heterocycles. The third-order valence-corrected chi connectivity index (χ3v) is 5.47. The first-order chi connectivity index (χ1) is 15.6. The van der Waals surface area contributed by atoms with E-state index in [0.717, 1.165) is 16.9 Å². The van der Waals surface area contributed by atoms with Crippen LogP contribution in [0.25, 0.3) is 0 Å². The van der Waals surface area contributed by atoms with Gasteiger partial charge in [-0.2, -0.15) is 0 Å². The number of thiazole rings is 1. The van der Waals surface area contributed by atoms with Gasteiger partial charge in [-0.1, -0.05) is 30.3 Å². The molecule has 4 aromatic rings. The Bertz CT molecular complexity index is 1200. The Morgan fingerprint density at radius 2 is 1.91 bits per heavy atom. The molecule has 162 valence electrons. The molecule has 2 amide bonds. The molecule has 2 heterocycles. The molecule has 2 N–H and O–H groups in total. The second kappa shape index (κ2) is 9.93. The average molecular weight is 448 g/mol. The monoisotopic (exact) mass is 447 g/mol. The van der Waals surface area contributed by atoms with Crippen molar-refractivity contribution < 1.29 is 18.7 Å². The summed E-state index contributed by atoms with van der Waals surface area (Å²) in [6.07, 6.45) is 2.21. The van der Waals surface area contributed by atoms with Gasteiger partial charge in [0.05, 0.1) is 25.5 Å². The zero-order chi connectivity index (χ0) is 22.3. The lowest BCUT2D eigenvalue weighted by Crippen LogP contribution is -2.15. The van der Waals surface area contributed by atoms with Crippen LogP contribution in [0, 0.1) is 0 Å². The van der Waals surface area contributed by atoms with E-state index in [0.29, 0.717) is 22.9 Å². The number of carbonyl (C=O) groups excluding carboxylic acids is 2. The minimum absolute atomic E-state index is 0.0904. The summed E-state index contributed by atoms with van der Waals surface area (Å²) in [6, 6.07) is 18.8. The van der Waals surface area contributed by atoms with E-state index < -0.39 is 0 Å². The zero-order valence-corrected chi connectivity index (χ0v) is 18.1. The molecule has 0 bridgehead atoms. The maximum absolute atomic E-state index is 12.5. The third kappa shape index (κ3) is 5.41. The van der Waals surface area contributed by atoms with Gasteiger partial charge in [-0.05, 0) is 35.9 Å². The summed E-state index contributed by atoms with van der Waals surface area (Å²) in [5.74, 6) is 0.383. The van der Waals surface area contributed by atoms with Crippen LogP contribution in [0.4, 0.5) is 10.8 Å². The number of anilines is 2. The summed E-state index contributed by atoms with van der Waals surface area (Å²) in [5, 5.41) is 7.72. The van der Waals surface area contributed by atoms with Gasteiger partial charge in [-0.25, -0.2) is 4.98 Å². The fourth-order valence-corrected chi connectivity index (χ4v) is 3.90. The average Bonchev–Trinajstić information content (AvgIpc) is 3.47. The van der Waals surface area contributed by atoms with Crippen molar-refractivity contribution in [1.82, 2.24) is 4.98 Å². The molecule has 0 spiro atoms. The lowest BCUT2D eigenvalue weighted by Gasteiger charge is -2.12. The van der Waals surface area contributed by atoms with Crippen molar-refractivity contribution in [2.75, 3.05) is 17.7 Å². The smallest absolute Gasteiger partial charge is 0.293 e. The Hall–Kier alpha value is -3.91. The molecule has 8 heteroatoms. The number of amides is 2. The molecule has 0 saturated carbocycles. The van der Waals surface area contributed by atoms with Crippen LogP contribution < -0.4 is 15.4 Å². The van der Waals surface area contributed by atoms with Crippen LogP contribution in [-0.2, 0) is 17.6 Å².